The van der Waals surface area contributed by atoms with Crippen molar-refractivity contribution < 1.29 is 8.81 Å². The van der Waals surface area contributed by atoms with Gasteiger partial charge in [-0.3, -0.25) is 0 Å². The second-order valence-electron chi connectivity index (χ2n) is 5.24. The van der Waals surface area contributed by atoms with Crippen LogP contribution in [0.1, 0.15) is 16.7 Å². The van der Waals surface area contributed by atoms with E-state index in [1.807, 2.05) is 26.0 Å². The molecular weight excluding hydrogens is 299 g/mol. The summed E-state index contributed by atoms with van der Waals surface area (Å²) in [4.78, 5) is 12.3. The summed E-state index contributed by atoms with van der Waals surface area (Å²) in [5.41, 5.74) is 3.29. The summed E-state index contributed by atoms with van der Waals surface area (Å²) in [5, 5.41) is 0.909. The van der Waals surface area contributed by atoms with Crippen molar-refractivity contribution in [1.29, 1.82) is 0 Å². The van der Waals surface area contributed by atoms with Crippen LogP contribution < -0.4 is 5.63 Å². The summed E-state index contributed by atoms with van der Waals surface area (Å²) in [7, 11) is 0. The third-order valence-electron chi connectivity index (χ3n) is 3.66. The molecule has 0 spiro atoms. The van der Waals surface area contributed by atoms with Crippen LogP contribution in [0, 0.1) is 19.7 Å². The Bertz CT molecular complexity index is 899. The third kappa shape index (κ3) is 2.92. The molecule has 4 heteroatoms. The molecule has 2 aromatic carbocycles. The molecule has 0 aliphatic carbocycles. The van der Waals surface area contributed by atoms with Crippen LogP contribution in [0.2, 0.25) is 0 Å². The van der Waals surface area contributed by atoms with Gasteiger partial charge in [0.1, 0.15) is 11.4 Å². The van der Waals surface area contributed by atoms with Crippen molar-refractivity contribution in [2.45, 2.75) is 24.5 Å². The Labute approximate surface area is 132 Å². The number of thioether (sulfide) groups is 1. The topological polar surface area (TPSA) is 30.2 Å². The van der Waals surface area contributed by atoms with Crippen LogP contribution in [0.15, 0.2) is 56.6 Å². The number of aryl methyl sites for hydroxylation is 2. The molecule has 0 radical (unpaired) electrons. The van der Waals surface area contributed by atoms with E-state index in [9.17, 15) is 9.18 Å². The van der Waals surface area contributed by atoms with Gasteiger partial charge in [0.25, 0.3) is 0 Å². The Morgan fingerprint density at radius 3 is 2.59 bits per heavy atom. The van der Waals surface area contributed by atoms with Gasteiger partial charge in [0.15, 0.2) is 0 Å². The number of hydrogen-bond donors (Lipinski definition) is 0. The normalized spacial score (nSPS) is 11.0. The van der Waals surface area contributed by atoms with Gasteiger partial charge in [-0.05, 0) is 54.8 Å². The van der Waals surface area contributed by atoms with E-state index in [2.05, 4.69) is 0 Å². The van der Waals surface area contributed by atoms with Gasteiger partial charge in [-0.15, -0.1) is 11.8 Å². The third-order valence-corrected chi connectivity index (χ3v) is 4.76. The number of benzene rings is 2. The molecule has 0 aliphatic rings. The number of rotatable bonds is 3. The van der Waals surface area contributed by atoms with Crippen molar-refractivity contribution in [2.24, 2.45) is 0 Å². The lowest BCUT2D eigenvalue weighted by Crippen LogP contribution is -2.00. The molecule has 3 aromatic rings. The highest BCUT2D eigenvalue weighted by Gasteiger charge is 2.09. The van der Waals surface area contributed by atoms with Crippen molar-refractivity contribution in [3.63, 3.8) is 0 Å². The van der Waals surface area contributed by atoms with Gasteiger partial charge >= 0.3 is 5.63 Å². The Hall–Kier alpha value is -2.07. The van der Waals surface area contributed by atoms with Crippen molar-refractivity contribution in [1.82, 2.24) is 0 Å². The molecule has 0 saturated heterocycles. The largest absolute Gasteiger partial charge is 0.423 e. The summed E-state index contributed by atoms with van der Waals surface area (Å²) in [6, 6.07) is 12.0. The number of hydrogen-bond acceptors (Lipinski definition) is 3. The average molecular weight is 314 g/mol. The minimum absolute atomic E-state index is 0.244. The van der Waals surface area contributed by atoms with Crippen molar-refractivity contribution in [3.05, 3.63) is 75.4 Å². The zero-order valence-electron chi connectivity index (χ0n) is 12.4. The molecular formula is C18H15FO2S. The van der Waals surface area contributed by atoms with Gasteiger partial charge in [-0.25, -0.2) is 9.18 Å². The van der Waals surface area contributed by atoms with Gasteiger partial charge in [0.05, 0.1) is 0 Å². The molecule has 112 valence electrons. The maximum absolute atomic E-state index is 13.7. The van der Waals surface area contributed by atoms with Gasteiger partial charge in [0.2, 0.25) is 0 Å². The molecule has 0 atom stereocenters. The Morgan fingerprint density at radius 2 is 1.82 bits per heavy atom. The van der Waals surface area contributed by atoms with E-state index < -0.39 is 0 Å². The molecule has 1 aromatic heterocycles. The van der Waals surface area contributed by atoms with E-state index >= 15 is 0 Å². The fourth-order valence-electron chi connectivity index (χ4n) is 2.32. The molecule has 3 rings (SSSR count). The first kappa shape index (κ1) is 14.9. The highest BCUT2D eigenvalue weighted by atomic mass is 32.2. The molecule has 1 heterocycles. The Balaban J connectivity index is 2.01. The Morgan fingerprint density at radius 1 is 1.09 bits per heavy atom. The zero-order chi connectivity index (χ0) is 15.7. The van der Waals surface area contributed by atoms with E-state index in [-0.39, 0.29) is 11.4 Å². The molecule has 0 bridgehead atoms. The molecule has 0 unspecified atom stereocenters. The highest BCUT2D eigenvalue weighted by Crippen LogP contribution is 2.29. The van der Waals surface area contributed by atoms with Crippen molar-refractivity contribution in [3.8, 4) is 0 Å². The SMILES string of the molecule is Cc1cc2oc(=O)cc(CSc3ccccc3F)c2cc1C. The lowest BCUT2D eigenvalue weighted by atomic mass is 10.0. The first-order chi connectivity index (χ1) is 10.5. The van der Waals surface area contributed by atoms with Gasteiger partial charge < -0.3 is 4.42 Å². The van der Waals surface area contributed by atoms with Crippen LogP contribution in [-0.4, -0.2) is 0 Å². The monoisotopic (exact) mass is 314 g/mol. The van der Waals surface area contributed by atoms with Gasteiger partial charge in [-0.2, -0.15) is 0 Å². The fraction of sp³-hybridized carbons (Fsp3) is 0.167. The predicted octanol–water partition coefficient (Wildman–Crippen LogP) is 4.84. The summed E-state index contributed by atoms with van der Waals surface area (Å²) in [6.45, 7) is 4.00. The Kier molecular flexibility index (Phi) is 4.03. The zero-order valence-corrected chi connectivity index (χ0v) is 13.2. The summed E-state index contributed by atoms with van der Waals surface area (Å²) < 4.78 is 19.0. The molecule has 0 aliphatic heterocycles. The summed E-state index contributed by atoms with van der Waals surface area (Å²) in [5.74, 6) is 0.276. The van der Waals surface area contributed by atoms with Crippen LogP contribution in [-0.2, 0) is 5.75 Å². The van der Waals surface area contributed by atoms with E-state index in [0.717, 1.165) is 22.1 Å². The molecule has 0 fully saturated rings. The van der Waals surface area contributed by atoms with Gasteiger partial charge in [-0.1, -0.05) is 12.1 Å². The summed E-state index contributed by atoms with van der Waals surface area (Å²) >= 11 is 1.38. The smallest absolute Gasteiger partial charge is 0.336 e. The van der Waals surface area contributed by atoms with E-state index in [0.29, 0.717) is 16.2 Å². The van der Waals surface area contributed by atoms with E-state index in [1.54, 1.807) is 18.2 Å². The average Bonchev–Trinajstić information content (AvgIpc) is 2.48. The van der Waals surface area contributed by atoms with Crippen LogP contribution in [0.5, 0.6) is 0 Å². The number of fused-ring (bicyclic) bond motifs is 1. The van der Waals surface area contributed by atoms with Crippen LogP contribution in [0.4, 0.5) is 4.39 Å². The first-order valence-electron chi connectivity index (χ1n) is 6.96. The maximum atomic E-state index is 13.7. The molecule has 0 amide bonds. The highest BCUT2D eigenvalue weighted by molar-refractivity contribution is 7.98. The maximum Gasteiger partial charge on any atom is 0.336 e. The first-order valence-corrected chi connectivity index (χ1v) is 7.94. The lowest BCUT2D eigenvalue weighted by molar-refractivity contribution is 0.559. The quantitative estimate of drug-likeness (QED) is 0.512. The van der Waals surface area contributed by atoms with Gasteiger partial charge in [0, 0.05) is 22.1 Å². The van der Waals surface area contributed by atoms with E-state index in [1.165, 1.54) is 23.9 Å². The fourth-order valence-corrected chi connectivity index (χ4v) is 3.25. The predicted molar refractivity (Wildman–Crippen MR) is 87.9 cm³/mol. The summed E-state index contributed by atoms with van der Waals surface area (Å²) in [6.07, 6.45) is 0. The molecule has 22 heavy (non-hydrogen) atoms. The lowest BCUT2D eigenvalue weighted by Gasteiger charge is -2.08. The second kappa shape index (κ2) is 5.97. The molecule has 2 nitrogen and oxygen atoms in total. The molecule has 0 N–H and O–H groups in total. The number of halogens is 1. The van der Waals surface area contributed by atoms with Crippen LogP contribution in [0.25, 0.3) is 11.0 Å². The van der Waals surface area contributed by atoms with Crippen molar-refractivity contribution >= 4 is 22.7 Å². The second-order valence-corrected chi connectivity index (χ2v) is 6.26. The van der Waals surface area contributed by atoms with E-state index in [4.69, 9.17) is 4.42 Å². The van der Waals surface area contributed by atoms with Crippen LogP contribution >= 0.6 is 11.8 Å². The molecule has 0 saturated carbocycles. The minimum Gasteiger partial charge on any atom is -0.423 e. The standard InChI is InChI=1S/C18H15FO2S/c1-11-7-14-13(9-18(20)21-16(14)8-12(11)2)10-22-17-6-4-3-5-15(17)19/h3-9H,10H2,1-2H3. The van der Waals surface area contributed by atoms with Crippen LogP contribution in [0.3, 0.4) is 0 Å². The van der Waals surface area contributed by atoms with Crippen molar-refractivity contribution in [2.75, 3.05) is 0 Å². The minimum atomic E-state index is -0.375.